The van der Waals surface area contributed by atoms with Crippen molar-refractivity contribution in [1.29, 1.82) is 0 Å². The summed E-state index contributed by atoms with van der Waals surface area (Å²) in [6.07, 6.45) is 0. The van der Waals surface area contributed by atoms with Gasteiger partial charge in [0.15, 0.2) is 0 Å². The van der Waals surface area contributed by atoms with E-state index >= 15 is 0 Å². The molecular weight excluding hydrogens is 430 g/mol. The van der Waals surface area contributed by atoms with Crippen molar-refractivity contribution in [2.24, 2.45) is 0 Å². The number of rotatable bonds is 5. The Morgan fingerprint density at radius 3 is 2.16 bits per heavy atom. The lowest BCUT2D eigenvalue weighted by Crippen LogP contribution is -2.41. The van der Waals surface area contributed by atoms with Crippen LogP contribution in [0.1, 0.15) is 6.92 Å². The quantitative estimate of drug-likeness (QED) is 0.711. The summed E-state index contributed by atoms with van der Waals surface area (Å²) in [5.41, 5.74) is 0.269. The number of carbonyl (C=O) groups excluding carboxylic acids is 1. The van der Waals surface area contributed by atoms with E-state index in [1.165, 1.54) is 37.3 Å². The fourth-order valence-corrected chi connectivity index (χ4v) is 4.17. The molecule has 0 spiro atoms. The molecule has 5 nitrogen and oxygen atoms in total. The van der Waals surface area contributed by atoms with Crippen molar-refractivity contribution in [3.8, 4) is 0 Å². The minimum atomic E-state index is -4.05. The molecule has 25 heavy (non-hydrogen) atoms. The second-order valence-electron chi connectivity index (χ2n) is 5.03. The molecule has 0 heterocycles. The van der Waals surface area contributed by atoms with Gasteiger partial charge in [-0.1, -0.05) is 46.4 Å². The SMILES string of the molecule is C[C@@H](NS(=O)(=O)c1cc(Cl)ccc1Cl)C(=O)Nc1cc(Cl)ccc1Cl. The third-order valence-corrected chi connectivity index (χ3v) is 5.92. The molecule has 1 amide bonds. The van der Waals surface area contributed by atoms with Gasteiger partial charge in [-0.3, -0.25) is 4.79 Å². The standard InChI is InChI=1S/C15H12Cl4N2O3S/c1-8(15(22)20-13-6-9(16)2-4-11(13)18)21-25(23,24)14-7-10(17)3-5-12(14)19/h2-8,21H,1H3,(H,20,22)/t8-/m1/s1. The first-order chi connectivity index (χ1) is 11.6. The maximum atomic E-state index is 12.4. The summed E-state index contributed by atoms with van der Waals surface area (Å²) in [5.74, 6) is -0.620. The molecule has 2 rings (SSSR count). The van der Waals surface area contributed by atoms with Gasteiger partial charge in [0, 0.05) is 10.0 Å². The van der Waals surface area contributed by atoms with Crippen molar-refractivity contribution in [1.82, 2.24) is 4.72 Å². The molecule has 0 bridgehead atoms. The number of nitrogens with one attached hydrogen (secondary N) is 2. The lowest BCUT2D eigenvalue weighted by atomic mass is 10.3. The van der Waals surface area contributed by atoms with E-state index < -0.39 is 22.0 Å². The van der Waals surface area contributed by atoms with Gasteiger partial charge in [-0.15, -0.1) is 0 Å². The van der Waals surface area contributed by atoms with Crippen LogP contribution in [0.25, 0.3) is 0 Å². The van der Waals surface area contributed by atoms with E-state index in [-0.39, 0.29) is 25.7 Å². The van der Waals surface area contributed by atoms with Crippen LogP contribution in [-0.4, -0.2) is 20.4 Å². The van der Waals surface area contributed by atoms with Crippen LogP contribution in [-0.2, 0) is 14.8 Å². The number of carbonyl (C=O) groups is 1. The van der Waals surface area contributed by atoms with Gasteiger partial charge in [0.2, 0.25) is 15.9 Å². The molecule has 0 aromatic heterocycles. The van der Waals surface area contributed by atoms with Crippen LogP contribution >= 0.6 is 46.4 Å². The highest BCUT2D eigenvalue weighted by Gasteiger charge is 2.24. The average molecular weight is 442 g/mol. The Morgan fingerprint density at radius 2 is 1.52 bits per heavy atom. The first-order valence-corrected chi connectivity index (χ1v) is 9.83. The van der Waals surface area contributed by atoms with Crippen molar-refractivity contribution < 1.29 is 13.2 Å². The summed E-state index contributed by atoms with van der Waals surface area (Å²) >= 11 is 23.5. The number of hydrogen-bond donors (Lipinski definition) is 2. The van der Waals surface area contributed by atoms with E-state index in [1.807, 2.05) is 0 Å². The molecule has 0 aliphatic heterocycles. The normalized spacial score (nSPS) is 12.7. The van der Waals surface area contributed by atoms with Crippen LogP contribution in [0, 0.1) is 0 Å². The predicted octanol–water partition coefficient (Wildman–Crippen LogP) is 4.61. The molecular formula is C15H12Cl4N2O3S. The largest absolute Gasteiger partial charge is 0.323 e. The highest BCUT2D eigenvalue weighted by Crippen LogP contribution is 2.27. The van der Waals surface area contributed by atoms with E-state index in [9.17, 15) is 13.2 Å². The highest BCUT2D eigenvalue weighted by molar-refractivity contribution is 7.89. The summed E-state index contributed by atoms with van der Waals surface area (Å²) in [7, 11) is -4.05. The number of sulfonamides is 1. The summed E-state index contributed by atoms with van der Waals surface area (Å²) in [6.45, 7) is 1.38. The summed E-state index contributed by atoms with van der Waals surface area (Å²) in [4.78, 5) is 12.0. The fourth-order valence-electron chi connectivity index (χ4n) is 1.87. The third-order valence-electron chi connectivity index (χ3n) is 3.09. The van der Waals surface area contributed by atoms with Crippen LogP contribution in [0.2, 0.25) is 20.1 Å². The number of amides is 1. The van der Waals surface area contributed by atoms with E-state index in [0.29, 0.717) is 5.02 Å². The summed E-state index contributed by atoms with van der Waals surface area (Å²) < 4.78 is 27.1. The molecule has 0 saturated carbocycles. The third kappa shape index (κ3) is 5.23. The van der Waals surface area contributed by atoms with Crippen molar-refractivity contribution in [2.45, 2.75) is 17.9 Å². The second kappa shape index (κ2) is 8.12. The Labute approximate surface area is 165 Å². The molecule has 2 N–H and O–H groups in total. The minimum Gasteiger partial charge on any atom is -0.323 e. The van der Waals surface area contributed by atoms with Crippen LogP contribution in [0.5, 0.6) is 0 Å². The highest BCUT2D eigenvalue weighted by atomic mass is 35.5. The Hall–Kier alpha value is -1.02. The molecule has 0 fully saturated rings. The van der Waals surface area contributed by atoms with Gasteiger partial charge in [-0.2, -0.15) is 4.72 Å². The lowest BCUT2D eigenvalue weighted by molar-refractivity contribution is -0.117. The average Bonchev–Trinajstić information content (AvgIpc) is 2.52. The van der Waals surface area contributed by atoms with E-state index in [2.05, 4.69) is 10.0 Å². The molecule has 0 unspecified atom stereocenters. The van der Waals surface area contributed by atoms with Crippen LogP contribution in [0.3, 0.4) is 0 Å². The van der Waals surface area contributed by atoms with E-state index in [0.717, 1.165) is 0 Å². The maximum absolute atomic E-state index is 12.4. The second-order valence-corrected chi connectivity index (χ2v) is 8.40. The summed E-state index contributed by atoms with van der Waals surface area (Å²) in [6, 6.07) is 7.44. The molecule has 134 valence electrons. The molecule has 0 aliphatic carbocycles. The first-order valence-electron chi connectivity index (χ1n) is 6.83. The molecule has 0 saturated heterocycles. The van der Waals surface area contributed by atoms with E-state index in [4.69, 9.17) is 46.4 Å². The van der Waals surface area contributed by atoms with Gasteiger partial charge in [-0.05, 0) is 43.3 Å². The molecule has 2 aromatic rings. The van der Waals surface area contributed by atoms with Gasteiger partial charge in [0.25, 0.3) is 0 Å². The zero-order chi connectivity index (χ0) is 18.8. The van der Waals surface area contributed by atoms with Crippen molar-refractivity contribution in [3.05, 3.63) is 56.5 Å². The van der Waals surface area contributed by atoms with Crippen LogP contribution < -0.4 is 10.0 Å². The van der Waals surface area contributed by atoms with Gasteiger partial charge in [-0.25, -0.2) is 8.42 Å². The van der Waals surface area contributed by atoms with Gasteiger partial charge in [0.1, 0.15) is 4.90 Å². The Kier molecular flexibility index (Phi) is 6.59. The van der Waals surface area contributed by atoms with Crippen molar-refractivity contribution in [3.63, 3.8) is 0 Å². The number of halogens is 4. The first kappa shape index (κ1) is 20.3. The van der Waals surface area contributed by atoms with Gasteiger partial charge >= 0.3 is 0 Å². The van der Waals surface area contributed by atoms with Crippen LogP contribution in [0.15, 0.2) is 41.3 Å². The van der Waals surface area contributed by atoms with Gasteiger partial charge in [0.05, 0.1) is 21.8 Å². The lowest BCUT2D eigenvalue weighted by Gasteiger charge is -2.16. The minimum absolute atomic E-state index is 0.0117. The maximum Gasteiger partial charge on any atom is 0.242 e. The Bertz CT molecular complexity index is 919. The molecule has 1 atom stereocenters. The number of hydrogen-bond acceptors (Lipinski definition) is 3. The van der Waals surface area contributed by atoms with Crippen LogP contribution in [0.4, 0.5) is 5.69 Å². The molecule has 0 aliphatic rings. The van der Waals surface area contributed by atoms with Crippen molar-refractivity contribution in [2.75, 3.05) is 5.32 Å². The smallest absolute Gasteiger partial charge is 0.242 e. The predicted molar refractivity (Wildman–Crippen MR) is 101 cm³/mol. The monoisotopic (exact) mass is 440 g/mol. The Balaban J connectivity index is 2.17. The topological polar surface area (TPSA) is 75.3 Å². The fraction of sp³-hybridized carbons (Fsp3) is 0.133. The Morgan fingerprint density at radius 1 is 0.960 bits per heavy atom. The van der Waals surface area contributed by atoms with E-state index in [1.54, 1.807) is 6.07 Å². The molecule has 0 radical (unpaired) electrons. The van der Waals surface area contributed by atoms with Gasteiger partial charge < -0.3 is 5.32 Å². The molecule has 2 aromatic carbocycles. The summed E-state index contributed by atoms with van der Waals surface area (Å²) in [5, 5.41) is 3.34. The molecule has 10 heteroatoms. The van der Waals surface area contributed by atoms with Crippen molar-refractivity contribution >= 4 is 68.0 Å². The number of benzene rings is 2. The zero-order valence-electron chi connectivity index (χ0n) is 12.7. The number of anilines is 1. The zero-order valence-corrected chi connectivity index (χ0v) is 16.5.